The Balaban J connectivity index is 1.99. The average Bonchev–Trinajstić information content (AvgIpc) is 2.84. The highest BCUT2D eigenvalue weighted by atomic mass is 16.5. The average molecular weight is 276 g/mol. The molecular weight excluding hydrogens is 248 g/mol. The fraction of sp³-hybridized carbons (Fsp3) is 0.647. The van der Waals surface area contributed by atoms with E-state index in [4.69, 9.17) is 4.74 Å². The molecule has 3 nitrogen and oxygen atoms in total. The molecule has 0 bridgehead atoms. The number of ether oxygens (including phenoxy) is 1. The zero-order valence-corrected chi connectivity index (χ0v) is 13.2. The lowest BCUT2D eigenvalue weighted by Crippen LogP contribution is -2.36. The van der Waals surface area contributed by atoms with Gasteiger partial charge in [0.05, 0.1) is 7.11 Å². The first-order valence-corrected chi connectivity index (χ1v) is 7.64. The van der Waals surface area contributed by atoms with E-state index in [9.17, 15) is 0 Å². The van der Waals surface area contributed by atoms with Gasteiger partial charge < -0.3 is 15.0 Å². The van der Waals surface area contributed by atoms with E-state index >= 15 is 0 Å². The largest absolute Gasteiger partial charge is 0.497 e. The van der Waals surface area contributed by atoms with Crippen molar-refractivity contribution in [3.05, 3.63) is 29.8 Å². The molecule has 3 atom stereocenters. The lowest BCUT2D eigenvalue weighted by atomic mass is 10.0. The van der Waals surface area contributed by atoms with Crippen LogP contribution in [0.3, 0.4) is 0 Å². The number of benzene rings is 1. The summed E-state index contributed by atoms with van der Waals surface area (Å²) in [5.74, 6) is 1.81. The van der Waals surface area contributed by atoms with Crippen molar-refractivity contribution in [2.75, 3.05) is 27.7 Å². The monoisotopic (exact) mass is 276 g/mol. The van der Waals surface area contributed by atoms with Gasteiger partial charge in [-0.1, -0.05) is 19.1 Å². The van der Waals surface area contributed by atoms with Crippen LogP contribution in [-0.4, -0.2) is 38.7 Å². The first-order chi connectivity index (χ1) is 9.60. The van der Waals surface area contributed by atoms with Crippen LogP contribution in [0.5, 0.6) is 5.75 Å². The number of nitrogens with one attached hydrogen (secondary N) is 1. The highest BCUT2D eigenvalue weighted by molar-refractivity contribution is 5.30. The van der Waals surface area contributed by atoms with Crippen LogP contribution < -0.4 is 10.1 Å². The molecule has 112 valence electrons. The zero-order valence-electron chi connectivity index (χ0n) is 13.2. The Kier molecular flexibility index (Phi) is 5.44. The molecule has 1 N–H and O–H groups in total. The topological polar surface area (TPSA) is 24.5 Å². The van der Waals surface area contributed by atoms with E-state index in [1.807, 2.05) is 6.07 Å². The number of methoxy groups -OCH3 is 1. The molecule has 0 aliphatic heterocycles. The minimum atomic E-state index is 0.390. The molecular formula is C17H28N2O. The van der Waals surface area contributed by atoms with Gasteiger partial charge in [-0.2, -0.15) is 0 Å². The van der Waals surface area contributed by atoms with E-state index in [-0.39, 0.29) is 0 Å². The van der Waals surface area contributed by atoms with E-state index in [0.29, 0.717) is 12.1 Å². The number of likely N-dealkylation sites (N-methyl/N-ethyl adjacent to an activating group) is 1. The normalized spacial score (nSPS) is 24.1. The third-order valence-electron chi connectivity index (χ3n) is 4.40. The van der Waals surface area contributed by atoms with Crippen molar-refractivity contribution in [2.45, 2.75) is 38.3 Å². The molecule has 3 unspecified atom stereocenters. The molecule has 0 spiro atoms. The lowest BCUT2D eigenvalue weighted by Gasteiger charge is -2.27. The van der Waals surface area contributed by atoms with Crippen LogP contribution >= 0.6 is 0 Å². The Morgan fingerprint density at radius 2 is 2.15 bits per heavy atom. The van der Waals surface area contributed by atoms with Crippen molar-refractivity contribution >= 4 is 0 Å². The Morgan fingerprint density at radius 1 is 1.35 bits per heavy atom. The van der Waals surface area contributed by atoms with Crippen LogP contribution in [0.2, 0.25) is 0 Å². The van der Waals surface area contributed by atoms with E-state index in [2.05, 4.69) is 49.4 Å². The van der Waals surface area contributed by atoms with Gasteiger partial charge >= 0.3 is 0 Å². The van der Waals surface area contributed by atoms with Gasteiger partial charge in [0.2, 0.25) is 0 Å². The summed E-state index contributed by atoms with van der Waals surface area (Å²) >= 11 is 0. The van der Waals surface area contributed by atoms with Crippen molar-refractivity contribution in [3.8, 4) is 5.75 Å². The quantitative estimate of drug-likeness (QED) is 0.864. The molecule has 0 aromatic heterocycles. The number of hydrogen-bond acceptors (Lipinski definition) is 3. The van der Waals surface area contributed by atoms with Crippen molar-refractivity contribution < 1.29 is 4.74 Å². The Labute approximate surface area is 123 Å². The fourth-order valence-electron chi connectivity index (χ4n) is 3.12. The maximum atomic E-state index is 5.34. The van der Waals surface area contributed by atoms with Gasteiger partial charge in [0, 0.05) is 18.6 Å². The van der Waals surface area contributed by atoms with Crippen molar-refractivity contribution in [1.82, 2.24) is 10.2 Å². The molecule has 2 rings (SSSR count). The van der Waals surface area contributed by atoms with Gasteiger partial charge in [-0.05, 0) is 57.0 Å². The van der Waals surface area contributed by atoms with Crippen LogP contribution in [0.1, 0.15) is 37.8 Å². The highest BCUT2D eigenvalue weighted by Gasteiger charge is 2.23. The number of nitrogens with zero attached hydrogens (tertiary/aromatic N) is 1. The summed E-state index contributed by atoms with van der Waals surface area (Å²) in [6, 6.07) is 9.49. The summed E-state index contributed by atoms with van der Waals surface area (Å²) in [7, 11) is 6.01. The summed E-state index contributed by atoms with van der Waals surface area (Å²) in [5.41, 5.74) is 1.31. The molecule has 1 aliphatic carbocycles. The zero-order chi connectivity index (χ0) is 14.5. The molecule has 3 heteroatoms. The summed E-state index contributed by atoms with van der Waals surface area (Å²) in [6.07, 6.45) is 4.00. The Hall–Kier alpha value is -1.06. The molecule has 0 heterocycles. The molecule has 0 radical (unpaired) electrons. The number of hydrogen-bond donors (Lipinski definition) is 1. The second kappa shape index (κ2) is 7.09. The van der Waals surface area contributed by atoms with Crippen LogP contribution in [0.15, 0.2) is 24.3 Å². The molecule has 0 amide bonds. The smallest absolute Gasteiger partial charge is 0.119 e. The van der Waals surface area contributed by atoms with Gasteiger partial charge in [-0.25, -0.2) is 0 Å². The van der Waals surface area contributed by atoms with E-state index in [1.165, 1.54) is 24.8 Å². The maximum Gasteiger partial charge on any atom is 0.119 e. The van der Waals surface area contributed by atoms with Gasteiger partial charge in [-0.3, -0.25) is 0 Å². The summed E-state index contributed by atoms with van der Waals surface area (Å²) in [4.78, 5) is 2.28. The van der Waals surface area contributed by atoms with E-state index in [0.717, 1.165) is 18.2 Å². The van der Waals surface area contributed by atoms with E-state index in [1.54, 1.807) is 7.11 Å². The fourth-order valence-corrected chi connectivity index (χ4v) is 3.12. The summed E-state index contributed by atoms with van der Waals surface area (Å²) in [5, 5.41) is 3.75. The van der Waals surface area contributed by atoms with E-state index < -0.39 is 0 Å². The second-order valence-corrected chi connectivity index (χ2v) is 6.28. The van der Waals surface area contributed by atoms with Crippen molar-refractivity contribution in [1.29, 1.82) is 0 Å². The molecule has 1 fully saturated rings. The summed E-state index contributed by atoms with van der Waals surface area (Å²) in [6.45, 7) is 3.35. The Morgan fingerprint density at radius 3 is 2.75 bits per heavy atom. The molecule has 1 aliphatic rings. The summed E-state index contributed by atoms with van der Waals surface area (Å²) < 4.78 is 5.34. The van der Waals surface area contributed by atoms with Gasteiger partial charge in [0.15, 0.2) is 0 Å². The molecule has 1 aromatic carbocycles. The third kappa shape index (κ3) is 3.97. The maximum absolute atomic E-state index is 5.34. The SMILES string of the molecule is COc1cccc(C(CNC2CCC(C)C2)N(C)C)c1. The van der Waals surface area contributed by atoms with Crippen LogP contribution in [0, 0.1) is 5.92 Å². The lowest BCUT2D eigenvalue weighted by molar-refractivity contribution is 0.278. The van der Waals surface area contributed by atoms with Crippen LogP contribution in [0.25, 0.3) is 0 Å². The predicted molar refractivity (Wildman–Crippen MR) is 84.2 cm³/mol. The first kappa shape index (κ1) is 15.3. The van der Waals surface area contributed by atoms with Gasteiger partial charge in [-0.15, -0.1) is 0 Å². The minimum absolute atomic E-state index is 0.390. The Bertz CT molecular complexity index is 419. The second-order valence-electron chi connectivity index (χ2n) is 6.28. The molecule has 20 heavy (non-hydrogen) atoms. The van der Waals surface area contributed by atoms with Crippen molar-refractivity contribution in [3.63, 3.8) is 0 Å². The van der Waals surface area contributed by atoms with Gasteiger partial charge in [0.1, 0.15) is 5.75 Å². The molecule has 1 aromatic rings. The third-order valence-corrected chi connectivity index (χ3v) is 4.40. The molecule has 1 saturated carbocycles. The minimum Gasteiger partial charge on any atom is -0.497 e. The predicted octanol–water partition coefficient (Wildman–Crippen LogP) is 3.08. The highest BCUT2D eigenvalue weighted by Crippen LogP contribution is 2.26. The first-order valence-electron chi connectivity index (χ1n) is 7.64. The van der Waals surface area contributed by atoms with Crippen LogP contribution in [0.4, 0.5) is 0 Å². The standard InChI is InChI=1S/C17H28N2O/c1-13-8-9-15(10-13)18-12-17(19(2)3)14-6-5-7-16(11-14)20-4/h5-7,11,13,15,17-18H,8-10,12H2,1-4H3. The van der Waals surface area contributed by atoms with Crippen LogP contribution in [-0.2, 0) is 0 Å². The van der Waals surface area contributed by atoms with Crippen molar-refractivity contribution in [2.24, 2.45) is 5.92 Å². The number of rotatable bonds is 6. The molecule has 0 saturated heterocycles. The van der Waals surface area contributed by atoms with Gasteiger partial charge in [0.25, 0.3) is 0 Å².